The molecule has 0 aliphatic heterocycles. The van der Waals surface area contributed by atoms with E-state index in [0.29, 0.717) is 0 Å². The Labute approximate surface area is 135 Å². The maximum Gasteiger partial charge on any atom is 0.160 e. The number of hydrogen-bond donors (Lipinski definition) is 0. The molecule has 2 heteroatoms. The maximum atomic E-state index is 4.87. The highest BCUT2D eigenvalue weighted by Gasteiger charge is 2.11. The predicted octanol–water partition coefficient (Wildman–Crippen LogP) is 5.27. The summed E-state index contributed by atoms with van der Waals surface area (Å²) in [5.74, 6) is 0. The monoisotopic (exact) mass is 296 g/mol. The van der Waals surface area contributed by atoms with E-state index in [1.807, 2.05) is 37.3 Å². The highest BCUT2D eigenvalue weighted by molar-refractivity contribution is 5.90. The van der Waals surface area contributed by atoms with Gasteiger partial charge in [0, 0.05) is 22.2 Å². The highest BCUT2D eigenvalue weighted by atomic mass is 14.9. The molecule has 4 aromatic rings. The number of pyridine rings is 2. The Morgan fingerprint density at radius 2 is 1.30 bits per heavy atom. The number of rotatable bonds is 2. The van der Waals surface area contributed by atoms with Gasteiger partial charge in [-0.05, 0) is 30.7 Å². The lowest BCUT2D eigenvalue weighted by Crippen LogP contribution is -1.94. The van der Waals surface area contributed by atoms with Crippen LogP contribution < -0.4 is 0 Å². The summed E-state index contributed by atoms with van der Waals surface area (Å²) >= 11 is 0. The molecule has 4 rings (SSSR count). The van der Waals surface area contributed by atoms with Gasteiger partial charge in [0.2, 0.25) is 0 Å². The Hall–Kier alpha value is -3.00. The molecule has 0 aliphatic rings. The van der Waals surface area contributed by atoms with Gasteiger partial charge in [0.1, 0.15) is 0 Å². The molecule has 2 aromatic heterocycles. The van der Waals surface area contributed by atoms with E-state index >= 15 is 0 Å². The van der Waals surface area contributed by atoms with Crippen LogP contribution >= 0.6 is 0 Å². The summed E-state index contributed by atoms with van der Waals surface area (Å²) < 4.78 is 0. The fourth-order valence-electron chi connectivity index (χ4n) is 2.80. The molecule has 0 atom stereocenters. The van der Waals surface area contributed by atoms with Crippen LogP contribution in [0.5, 0.6) is 0 Å². The number of aryl methyl sites for hydroxylation is 1. The van der Waals surface area contributed by atoms with Crippen LogP contribution in [0.15, 0.2) is 78.9 Å². The number of aromatic nitrogens is 2. The van der Waals surface area contributed by atoms with Crippen LogP contribution in [0.25, 0.3) is 33.4 Å². The van der Waals surface area contributed by atoms with Gasteiger partial charge in [-0.15, -0.1) is 0 Å². The molecule has 2 nitrogen and oxygen atoms in total. The van der Waals surface area contributed by atoms with Gasteiger partial charge in [-0.2, -0.15) is 0 Å². The quantitative estimate of drug-likeness (QED) is 0.503. The Bertz CT molecular complexity index is 961. The fourth-order valence-corrected chi connectivity index (χ4v) is 2.80. The van der Waals surface area contributed by atoms with Crippen molar-refractivity contribution in [2.45, 2.75) is 6.92 Å². The fraction of sp³-hybridized carbons (Fsp3) is 0.0476. The Kier molecular flexibility index (Phi) is 3.35. The molecule has 0 amide bonds. The summed E-state index contributed by atoms with van der Waals surface area (Å²) in [5, 5.41) is 1.06. The van der Waals surface area contributed by atoms with Crippen molar-refractivity contribution in [1.82, 2.24) is 9.97 Å². The number of benzene rings is 2. The molecule has 0 saturated carbocycles. The number of nitrogens with zero attached hydrogens (tertiary/aromatic N) is 2. The Morgan fingerprint density at radius 3 is 2.00 bits per heavy atom. The smallest absolute Gasteiger partial charge is 0.160 e. The zero-order valence-electron chi connectivity index (χ0n) is 12.9. The van der Waals surface area contributed by atoms with Crippen LogP contribution in [0.4, 0.5) is 0 Å². The normalized spacial score (nSPS) is 10.8. The standard InChI is InChI=1S/C21H16N2/c1-15-12-13-18-14-19(16-8-4-2-5-9-16)20(23-21(18)22-15)17-10-6-3-7-11-17/h2-14H,1H3. The minimum atomic E-state index is 0.795. The molecule has 0 spiro atoms. The van der Waals surface area contributed by atoms with E-state index in [1.54, 1.807) is 0 Å². The van der Waals surface area contributed by atoms with Gasteiger partial charge in [0.15, 0.2) is 5.65 Å². The van der Waals surface area contributed by atoms with Crippen LogP contribution in [0, 0.1) is 6.92 Å². The van der Waals surface area contributed by atoms with Gasteiger partial charge in [-0.25, -0.2) is 9.97 Å². The summed E-state index contributed by atoms with van der Waals surface area (Å²) in [5.41, 5.74) is 6.16. The highest BCUT2D eigenvalue weighted by Crippen LogP contribution is 2.32. The van der Waals surface area contributed by atoms with Gasteiger partial charge >= 0.3 is 0 Å². The van der Waals surface area contributed by atoms with Crippen molar-refractivity contribution in [1.29, 1.82) is 0 Å². The van der Waals surface area contributed by atoms with Gasteiger partial charge in [0.05, 0.1) is 5.69 Å². The van der Waals surface area contributed by atoms with Gasteiger partial charge in [-0.3, -0.25) is 0 Å². The van der Waals surface area contributed by atoms with Crippen LogP contribution in [0.3, 0.4) is 0 Å². The largest absolute Gasteiger partial charge is 0.233 e. The van der Waals surface area contributed by atoms with Crippen molar-refractivity contribution in [3.8, 4) is 22.4 Å². The van der Waals surface area contributed by atoms with Gasteiger partial charge in [-0.1, -0.05) is 60.7 Å². The topological polar surface area (TPSA) is 25.8 Å². The van der Waals surface area contributed by atoms with Crippen LogP contribution in [0.2, 0.25) is 0 Å². The Morgan fingerprint density at radius 1 is 0.652 bits per heavy atom. The summed E-state index contributed by atoms with van der Waals surface area (Å²) in [6, 6.07) is 27.0. The molecule has 23 heavy (non-hydrogen) atoms. The van der Waals surface area contributed by atoms with Crippen LogP contribution in [0.1, 0.15) is 5.69 Å². The molecular weight excluding hydrogens is 280 g/mol. The summed E-state index contributed by atoms with van der Waals surface area (Å²) in [6.45, 7) is 1.99. The van der Waals surface area contributed by atoms with Gasteiger partial charge < -0.3 is 0 Å². The average molecular weight is 296 g/mol. The van der Waals surface area contributed by atoms with E-state index in [1.165, 1.54) is 5.56 Å². The first-order valence-corrected chi connectivity index (χ1v) is 7.70. The molecule has 110 valence electrons. The molecular formula is C21H16N2. The van der Waals surface area contributed by atoms with E-state index in [2.05, 4.69) is 53.5 Å². The van der Waals surface area contributed by atoms with Crippen LogP contribution in [-0.2, 0) is 0 Å². The molecule has 0 N–H and O–H groups in total. The first kappa shape index (κ1) is 13.6. The van der Waals surface area contributed by atoms with Crippen molar-refractivity contribution in [3.63, 3.8) is 0 Å². The Balaban J connectivity index is 2.04. The molecule has 0 fully saturated rings. The lowest BCUT2D eigenvalue weighted by molar-refractivity contribution is 1.20. The summed E-state index contributed by atoms with van der Waals surface area (Å²) in [7, 11) is 0. The first-order valence-electron chi connectivity index (χ1n) is 7.70. The second kappa shape index (κ2) is 5.65. The third-order valence-corrected chi connectivity index (χ3v) is 3.95. The van der Waals surface area contributed by atoms with Gasteiger partial charge in [0.25, 0.3) is 0 Å². The minimum Gasteiger partial charge on any atom is -0.233 e. The van der Waals surface area contributed by atoms with E-state index < -0.39 is 0 Å². The van der Waals surface area contributed by atoms with Crippen molar-refractivity contribution in [3.05, 3.63) is 84.6 Å². The lowest BCUT2D eigenvalue weighted by Gasteiger charge is -2.11. The van der Waals surface area contributed by atoms with Crippen molar-refractivity contribution in [2.75, 3.05) is 0 Å². The molecule has 0 unspecified atom stereocenters. The minimum absolute atomic E-state index is 0.795. The average Bonchev–Trinajstić information content (AvgIpc) is 2.62. The molecule has 0 saturated heterocycles. The predicted molar refractivity (Wildman–Crippen MR) is 95.1 cm³/mol. The molecule has 2 heterocycles. The van der Waals surface area contributed by atoms with E-state index in [4.69, 9.17) is 4.98 Å². The number of fused-ring (bicyclic) bond motifs is 1. The first-order chi connectivity index (χ1) is 11.3. The second-order valence-corrected chi connectivity index (χ2v) is 5.62. The van der Waals surface area contributed by atoms with E-state index in [9.17, 15) is 0 Å². The van der Waals surface area contributed by atoms with Crippen molar-refractivity contribution >= 4 is 11.0 Å². The molecule has 0 aliphatic carbocycles. The third kappa shape index (κ3) is 2.59. The van der Waals surface area contributed by atoms with Crippen molar-refractivity contribution in [2.24, 2.45) is 0 Å². The molecule has 0 radical (unpaired) electrons. The second-order valence-electron chi connectivity index (χ2n) is 5.62. The summed E-state index contributed by atoms with van der Waals surface area (Å²) in [6.07, 6.45) is 0. The number of hydrogen-bond acceptors (Lipinski definition) is 2. The molecule has 2 aromatic carbocycles. The zero-order chi connectivity index (χ0) is 15.6. The van der Waals surface area contributed by atoms with Crippen LogP contribution in [-0.4, -0.2) is 9.97 Å². The summed E-state index contributed by atoms with van der Waals surface area (Å²) in [4.78, 5) is 9.46. The van der Waals surface area contributed by atoms with E-state index in [-0.39, 0.29) is 0 Å². The van der Waals surface area contributed by atoms with Crippen molar-refractivity contribution < 1.29 is 0 Å². The lowest BCUT2D eigenvalue weighted by atomic mass is 9.98. The third-order valence-electron chi connectivity index (χ3n) is 3.95. The zero-order valence-corrected chi connectivity index (χ0v) is 12.9. The van der Waals surface area contributed by atoms with E-state index in [0.717, 1.165) is 33.5 Å². The maximum absolute atomic E-state index is 4.87. The SMILES string of the molecule is Cc1ccc2cc(-c3ccccc3)c(-c3ccccc3)nc2n1. The molecule has 0 bridgehead atoms.